The van der Waals surface area contributed by atoms with Crippen molar-refractivity contribution in [2.75, 3.05) is 0 Å². The smallest absolute Gasteiger partial charge is 0.294 e. The van der Waals surface area contributed by atoms with Crippen LogP contribution in [0.5, 0.6) is 0 Å². The summed E-state index contributed by atoms with van der Waals surface area (Å²) in [6.07, 6.45) is 1.56. The van der Waals surface area contributed by atoms with E-state index in [1.807, 2.05) is 0 Å². The number of halogens is 3. The molecule has 3 nitrogen and oxygen atoms in total. The quantitative estimate of drug-likeness (QED) is 0.418. The summed E-state index contributed by atoms with van der Waals surface area (Å²) in [6, 6.07) is 9.65. The summed E-state index contributed by atoms with van der Waals surface area (Å²) in [7, 11) is 0. The third-order valence-corrected chi connectivity index (χ3v) is 3.47. The number of pyridine rings is 1. The lowest BCUT2D eigenvalue weighted by Crippen LogP contribution is -2.12. The zero-order valence-corrected chi connectivity index (χ0v) is 11.8. The molecule has 3 aromatic rings. The molecule has 0 unspecified atom stereocenters. The summed E-state index contributed by atoms with van der Waals surface area (Å²) in [5.74, 6) is -2.51. The van der Waals surface area contributed by atoms with Gasteiger partial charge in [0.15, 0.2) is 0 Å². The minimum atomic E-state index is -1.17. The molecule has 6 heteroatoms. The molecule has 2 heterocycles. The first-order chi connectivity index (χ1) is 10.5. The third-order valence-electron chi connectivity index (χ3n) is 3.29. The molecule has 0 saturated carbocycles. The van der Waals surface area contributed by atoms with E-state index >= 15 is 0 Å². The van der Waals surface area contributed by atoms with E-state index in [0.29, 0.717) is 11.6 Å². The molecule has 2 aromatic heterocycles. The minimum absolute atomic E-state index is 0.0198. The number of rotatable bonds is 3. The Labute approximate surface area is 128 Å². The fourth-order valence-corrected chi connectivity index (χ4v) is 2.45. The molecule has 0 amide bonds. The van der Waals surface area contributed by atoms with E-state index in [2.05, 4.69) is 0 Å². The van der Waals surface area contributed by atoms with Gasteiger partial charge in [0.05, 0.1) is 0 Å². The van der Waals surface area contributed by atoms with Gasteiger partial charge in [0.1, 0.15) is 17.3 Å². The number of carbonyl (C=O) groups is 2. The fraction of sp³-hybridized carbons (Fsp3) is 0. The van der Waals surface area contributed by atoms with E-state index in [-0.39, 0.29) is 16.8 Å². The van der Waals surface area contributed by atoms with Crippen LogP contribution < -0.4 is 0 Å². The second-order valence-corrected chi connectivity index (χ2v) is 4.97. The highest BCUT2D eigenvalue weighted by Gasteiger charge is 2.24. The van der Waals surface area contributed by atoms with Gasteiger partial charge in [0, 0.05) is 28.9 Å². The van der Waals surface area contributed by atoms with Gasteiger partial charge in [0.2, 0.25) is 0 Å². The van der Waals surface area contributed by atoms with Gasteiger partial charge in [0.25, 0.3) is 11.0 Å². The lowest BCUT2D eigenvalue weighted by atomic mass is 10.0. The van der Waals surface area contributed by atoms with Crippen LogP contribution in [0.4, 0.5) is 8.78 Å². The molecule has 0 bridgehead atoms. The van der Waals surface area contributed by atoms with Crippen LogP contribution in [0.2, 0.25) is 0 Å². The summed E-state index contributed by atoms with van der Waals surface area (Å²) >= 11 is 5.29. The molecule has 0 aliphatic carbocycles. The van der Waals surface area contributed by atoms with Crippen LogP contribution in [0.3, 0.4) is 0 Å². The second-order valence-electron chi connectivity index (χ2n) is 4.63. The van der Waals surface area contributed by atoms with E-state index in [9.17, 15) is 18.4 Å². The minimum Gasteiger partial charge on any atom is -0.313 e. The van der Waals surface area contributed by atoms with Gasteiger partial charge < -0.3 is 4.40 Å². The van der Waals surface area contributed by atoms with Crippen LogP contribution in [0.25, 0.3) is 16.6 Å². The van der Waals surface area contributed by atoms with Gasteiger partial charge >= 0.3 is 0 Å². The van der Waals surface area contributed by atoms with Crippen LogP contribution in [0.15, 0.2) is 48.7 Å². The number of nitrogens with zero attached hydrogens (tertiary/aromatic N) is 1. The van der Waals surface area contributed by atoms with E-state index in [1.54, 1.807) is 30.5 Å². The predicted octanol–water partition coefficient (Wildman–Crippen LogP) is 3.83. The number of benzene rings is 1. The Bertz CT molecular complexity index is 918. The molecule has 0 N–H and O–H groups in total. The molecule has 0 spiro atoms. The molecular formula is C16H8ClF2NO2. The number of hydrogen-bond donors (Lipinski definition) is 0. The van der Waals surface area contributed by atoms with Crippen molar-refractivity contribution in [1.29, 1.82) is 0 Å². The summed E-state index contributed by atoms with van der Waals surface area (Å²) in [5, 5.41) is -1.17. The molecule has 0 aliphatic heterocycles. The van der Waals surface area contributed by atoms with E-state index in [1.165, 1.54) is 10.5 Å². The first-order valence-corrected chi connectivity index (χ1v) is 6.66. The van der Waals surface area contributed by atoms with Crippen LogP contribution in [0, 0.1) is 11.6 Å². The Morgan fingerprint density at radius 2 is 1.77 bits per heavy atom. The van der Waals surface area contributed by atoms with Crippen molar-refractivity contribution in [2.24, 2.45) is 0 Å². The molecule has 0 fully saturated rings. The Kier molecular flexibility index (Phi) is 3.50. The molecule has 110 valence electrons. The van der Waals surface area contributed by atoms with E-state index in [0.717, 1.165) is 6.07 Å². The predicted molar refractivity (Wildman–Crippen MR) is 77.9 cm³/mol. The third kappa shape index (κ3) is 2.29. The highest BCUT2D eigenvalue weighted by molar-refractivity contribution is 6.83. The summed E-state index contributed by atoms with van der Waals surface area (Å²) in [6.45, 7) is 0. The van der Waals surface area contributed by atoms with Crippen molar-refractivity contribution in [1.82, 2.24) is 4.40 Å². The molecule has 0 saturated heterocycles. The molecule has 3 rings (SSSR count). The number of ketones is 1. The Morgan fingerprint density at radius 1 is 1.00 bits per heavy atom. The largest absolute Gasteiger partial charge is 0.313 e. The average molecular weight is 320 g/mol. The summed E-state index contributed by atoms with van der Waals surface area (Å²) < 4.78 is 28.5. The normalized spacial score (nSPS) is 10.9. The van der Waals surface area contributed by atoms with E-state index in [4.69, 9.17) is 11.6 Å². The van der Waals surface area contributed by atoms with Gasteiger partial charge in [-0.05, 0) is 41.9 Å². The van der Waals surface area contributed by atoms with Crippen LogP contribution >= 0.6 is 11.6 Å². The highest BCUT2D eigenvalue weighted by Crippen LogP contribution is 2.31. The van der Waals surface area contributed by atoms with Gasteiger partial charge in [-0.1, -0.05) is 6.07 Å². The summed E-state index contributed by atoms with van der Waals surface area (Å²) in [5.41, 5.74) is 0.734. The van der Waals surface area contributed by atoms with Crippen LogP contribution in [-0.4, -0.2) is 15.4 Å². The number of aromatic nitrogens is 1. The van der Waals surface area contributed by atoms with Gasteiger partial charge in [-0.2, -0.15) is 0 Å². The monoisotopic (exact) mass is 319 g/mol. The van der Waals surface area contributed by atoms with Crippen LogP contribution in [0.1, 0.15) is 10.5 Å². The van der Waals surface area contributed by atoms with Crippen molar-refractivity contribution in [3.8, 4) is 11.1 Å². The first-order valence-electron chi connectivity index (χ1n) is 6.28. The zero-order chi connectivity index (χ0) is 15.9. The van der Waals surface area contributed by atoms with Gasteiger partial charge in [-0.15, -0.1) is 0 Å². The maximum atomic E-state index is 14.0. The van der Waals surface area contributed by atoms with Crippen LogP contribution in [-0.2, 0) is 4.79 Å². The van der Waals surface area contributed by atoms with Crippen molar-refractivity contribution in [3.63, 3.8) is 0 Å². The van der Waals surface area contributed by atoms with Gasteiger partial charge in [-0.3, -0.25) is 9.59 Å². The maximum Gasteiger partial charge on any atom is 0.294 e. The highest BCUT2D eigenvalue weighted by atomic mass is 35.5. The first kappa shape index (κ1) is 14.4. The van der Waals surface area contributed by atoms with E-state index < -0.39 is 22.7 Å². The van der Waals surface area contributed by atoms with Crippen molar-refractivity contribution >= 4 is 28.1 Å². The lowest BCUT2D eigenvalue weighted by Gasteiger charge is -2.05. The lowest BCUT2D eigenvalue weighted by molar-refractivity contribution is -0.108. The topological polar surface area (TPSA) is 38.5 Å². The number of carbonyl (C=O) groups excluding carboxylic acids is 2. The molecular weight excluding hydrogens is 312 g/mol. The standard InChI is InChI=1S/C16H8ClF2NO2/c17-16(22)15(21)14-12(8-10-3-1-2-6-20(10)14)11-5-4-9(18)7-13(11)19/h1-8H. The molecule has 0 atom stereocenters. The number of hydrogen-bond acceptors (Lipinski definition) is 2. The molecule has 0 radical (unpaired) electrons. The second kappa shape index (κ2) is 5.35. The number of fused-ring (bicyclic) bond motifs is 1. The molecule has 0 aliphatic rings. The maximum absolute atomic E-state index is 14.0. The summed E-state index contributed by atoms with van der Waals surface area (Å²) in [4.78, 5) is 23.4. The van der Waals surface area contributed by atoms with Crippen molar-refractivity contribution in [3.05, 3.63) is 66.0 Å². The Morgan fingerprint density at radius 3 is 2.45 bits per heavy atom. The van der Waals surface area contributed by atoms with Crippen molar-refractivity contribution < 1.29 is 18.4 Å². The molecule has 22 heavy (non-hydrogen) atoms. The Balaban J connectivity index is 2.35. The Hall–Kier alpha value is -2.53. The van der Waals surface area contributed by atoms with Crippen molar-refractivity contribution in [2.45, 2.75) is 0 Å². The zero-order valence-electron chi connectivity index (χ0n) is 11.0. The molecule has 1 aromatic carbocycles. The average Bonchev–Trinajstić information content (AvgIpc) is 2.85. The number of Topliss-reactive ketones (excluding diaryl/α,β-unsaturated/α-hetero) is 1. The SMILES string of the molecule is O=C(Cl)C(=O)c1c(-c2ccc(F)cc2F)cc2ccccn12. The fourth-order valence-electron chi connectivity index (χ4n) is 2.36. The van der Waals surface area contributed by atoms with Gasteiger partial charge in [-0.25, -0.2) is 8.78 Å².